The number of hydrogen-bond donors (Lipinski definition) is 1. The molecule has 0 aliphatic heterocycles. The lowest BCUT2D eigenvalue weighted by Crippen LogP contribution is -2.50. The van der Waals surface area contributed by atoms with Crippen molar-refractivity contribution < 1.29 is 4.74 Å². The average molecular weight is 257 g/mol. The molecule has 18 heavy (non-hydrogen) atoms. The molecule has 0 aliphatic rings. The highest BCUT2D eigenvalue weighted by atomic mass is 16.5. The van der Waals surface area contributed by atoms with Crippen molar-refractivity contribution in [1.29, 1.82) is 0 Å². The molecule has 0 saturated heterocycles. The molecule has 0 rings (SSSR count). The molecule has 0 aromatic heterocycles. The van der Waals surface area contributed by atoms with Crippen LogP contribution >= 0.6 is 0 Å². The van der Waals surface area contributed by atoms with Crippen molar-refractivity contribution in [3.05, 3.63) is 0 Å². The molecule has 0 aromatic rings. The Morgan fingerprint density at radius 3 is 2.22 bits per heavy atom. The maximum Gasteiger partial charge on any atom is 0.0803 e. The summed E-state index contributed by atoms with van der Waals surface area (Å²) in [6.07, 6.45) is 8.85. The van der Waals surface area contributed by atoms with Crippen LogP contribution in [0.2, 0.25) is 0 Å². The van der Waals surface area contributed by atoms with Gasteiger partial charge in [-0.05, 0) is 39.7 Å². The number of rotatable bonds is 12. The van der Waals surface area contributed by atoms with E-state index in [1.807, 2.05) is 0 Å². The summed E-state index contributed by atoms with van der Waals surface area (Å²) in [7, 11) is 0. The summed E-state index contributed by atoms with van der Waals surface area (Å²) in [4.78, 5) is 0. The predicted molar refractivity (Wildman–Crippen MR) is 81.2 cm³/mol. The van der Waals surface area contributed by atoms with Gasteiger partial charge < -0.3 is 10.1 Å². The largest absolute Gasteiger partial charge is 0.374 e. The Labute approximate surface area is 115 Å². The van der Waals surface area contributed by atoms with Crippen LogP contribution in [0.15, 0.2) is 0 Å². The fraction of sp³-hybridized carbons (Fsp3) is 1.00. The van der Waals surface area contributed by atoms with Crippen LogP contribution in [0.5, 0.6) is 0 Å². The van der Waals surface area contributed by atoms with Gasteiger partial charge in [-0.2, -0.15) is 0 Å². The van der Waals surface area contributed by atoms with Gasteiger partial charge in [0.15, 0.2) is 0 Å². The monoisotopic (exact) mass is 257 g/mol. The first kappa shape index (κ1) is 17.9. The number of hydrogen-bond acceptors (Lipinski definition) is 2. The summed E-state index contributed by atoms with van der Waals surface area (Å²) in [5.41, 5.74) is -0.00383. The molecule has 0 aliphatic carbocycles. The molecule has 110 valence electrons. The van der Waals surface area contributed by atoms with Gasteiger partial charge >= 0.3 is 0 Å². The first-order chi connectivity index (χ1) is 8.64. The lowest BCUT2D eigenvalue weighted by molar-refractivity contribution is -0.0574. The molecule has 0 heterocycles. The highest BCUT2D eigenvalue weighted by Crippen LogP contribution is 2.24. The minimum atomic E-state index is -0.00383. The van der Waals surface area contributed by atoms with E-state index in [1.54, 1.807) is 0 Å². The maximum atomic E-state index is 6.03. The highest BCUT2D eigenvalue weighted by molar-refractivity contribution is 4.88. The van der Waals surface area contributed by atoms with E-state index in [2.05, 4.69) is 39.9 Å². The lowest BCUT2D eigenvalue weighted by Gasteiger charge is -2.37. The fourth-order valence-corrected chi connectivity index (χ4v) is 2.50. The minimum Gasteiger partial charge on any atom is -0.374 e. The molecule has 0 spiro atoms. The standard InChI is InChI=1S/C16H35NO/c1-6-10-11-12-13-15(17-14-7-2)16(5,8-3)18-9-4/h15,17H,6-14H2,1-5H3. The second-order valence-electron chi connectivity index (χ2n) is 5.46. The fourth-order valence-electron chi connectivity index (χ4n) is 2.50. The molecule has 0 aromatic carbocycles. The third kappa shape index (κ3) is 6.75. The second kappa shape index (κ2) is 10.8. The summed E-state index contributed by atoms with van der Waals surface area (Å²) in [5.74, 6) is 0. The maximum absolute atomic E-state index is 6.03. The third-order valence-corrected chi connectivity index (χ3v) is 3.90. The molecular weight excluding hydrogens is 222 g/mol. The van der Waals surface area contributed by atoms with Crippen LogP contribution in [0.4, 0.5) is 0 Å². The quantitative estimate of drug-likeness (QED) is 0.519. The molecule has 0 bridgehead atoms. The van der Waals surface area contributed by atoms with E-state index in [0.29, 0.717) is 6.04 Å². The second-order valence-corrected chi connectivity index (χ2v) is 5.46. The number of nitrogens with one attached hydrogen (secondary N) is 1. The zero-order chi connectivity index (χ0) is 13.9. The van der Waals surface area contributed by atoms with Gasteiger partial charge in [-0.25, -0.2) is 0 Å². The highest BCUT2D eigenvalue weighted by Gasteiger charge is 2.32. The molecule has 0 amide bonds. The molecule has 2 heteroatoms. The SMILES string of the molecule is CCCCCCC(NCCC)C(C)(CC)OCC. The Hall–Kier alpha value is -0.0800. The average Bonchev–Trinajstić information content (AvgIpc) is 2.38. The van der Waals surface area contributed by atoms with Gasteiger partial charge in [-0.3, -0.25) is 0 Å². The third-order valence-electron chi connectivity index (χ3n) is 3.90. The van der Waals surface area contributed by atoms with Crippen molar-refractivity contribution >= 4 is 0 Å². The van der Waals surface area contributed by atoms with Crippen molar-refractivity contribution in [2.45, 2.75) is 91.2 Å². The summed E-state index contributed by atoms with van der Waals surface area (Å²) in [6, 6.07) is 0.499. The van der Waals surface area contributed by atoms with Gasteiger partial charge in [-0.1, -0.05) is 46.5 Å². The van der Waals surface area contributed by atoms with Crippen LogP contribution in [0, 0.1) is 0 Å². The van der Waals surface area contributed by atoms with E-state index < -0.39 is 0 Å². The van der Waals surface area contributed by atoms with Crippen LogP contribution in [-0.2, 0) is 4.74 Å². The Morgan fingerprint density at radius 1 is 1.00 bits per heavy atom. The lowest BCUT2D eigenvalue weighted by atomic mass is 9.88. The summed E-state index contributed by atoms with van der Waals surface area (Å²) in [5, 5.41) is 3.70. The van der Waals surface area contributed by atoms with Crippen molar-refractivity contribution in [2.24, 2.45) is 0 Å². The van der Waals surface area contributed by atoms with E-state index in [0.717, 1.165) is 19.6 Å². The molecule has 2 nitrogen and oxygen atoms in total. The normalized spacial score (nSPS) is 16.5. The van der Waals surface area contributed by atoms with Gasteiger partial charge in [0.1, 0.15) is 0 Å². The Bertz CT molecular complexity index is 184. The van der Waals surface area contributed by atoms with Gasteiger partial charge in [0, 0.05) is 12.6 Å². The molecule has 0 radical (unpaired) electrons. The van der Waals surface area contributed by atoms with Crippen LogP contribution in [0.1, 0.15) is 79.6 Å². The zero-order valence-electron chi connectivity index (χ0n) is 13.3. The topological polar surface area (TPSA) is 21.3 Å². The van der Waals surface area contributed by atoms with E-state index in [-0.39, 0.29) is 5.60 Å². The van der Waals surface area contributed by atoms with Crippen LogP contribution < -0.4 is 5.32 Å². The van der Waals surface area contributed by atoms with E-state index >= 15 is 0 Å². The summed E-state index contributed by atoms with van der Waals surface area (Å²) >= 11 is 0. The van der Waals surface area contributed by atoms with Crippen LogP contribution in [0.3, 0.4) is 0 Å². The smallest absolute Gasteiger partial charge is 0.0803 e. The first-order valence-electron chi connectivity index (χ1n) is 8.01. The molecule has 2 unspecified atom stereocenters. The van der Waals surface area contributed by atoms with Crippen molar-refractivity contribution in [3.63, 3.8) is 0 Å². The van der Waals surface area contributed by atoms with Gasteiger partial charge in [0.05, 0.1) is 5.60 Å². The summed E-state index contributed by atoms with van der Waals surface area (Å²) in [6.45, 7) is 13.0. The van der Waals surface area contributed by atoms with E-state index in [9.17, 15) is 0 Å². The molecular formula is C16H35NO. The number of ether oxygens (including phenoxy) is 1. The van der Waals surface area contributed by atoms with Gasteiger partial charge in [0.25, 0.3) is 0 Å². The van der Waals surface area contributed by atoms with Crippen molar-refractivity contribution in [3.8, 4) is 0 Å². The molecule has 0 saturated carbocycles. The van der Waals surface area contributed by atoms with Crippen molar-refractivity contribution in [2.75, 3.05) is 13.2 Å². The molecule has 1 N–H and O–H groups in total. The van der Waals surface area contributed by atoms with Gasteiger partial charge in [-0.15, -0.1) is 0 Å². The van der Waals surface area contributed by atoms with Crippen LogP contribution in [-0.4, -0.2) is 24.8 Å². The van der Waals surface area contributed by atoms with E-state index in [4.69, 9.17) is 4.74 Å². The van der Waals surface area contributed by atoms with Crippen LogP contribution in [0.25, 0.3) is 0 Å². The number of unbranched alkanes of at least 4 members (excludes halogenated alkanes) is 3. The minimum absolute atomic E-state index is 0.00383. The zero-order valence-corrected chi connectivity index (χ0v) is 13.3. The molecule has 0 fully saturated rings. The van der Waals surface area contributed by atoms with Gasteiger partial charge in [0.2, 0.25) is 0 Å². The molecule has 2 atom stereocenters. The Balaban J connectivity index is 4.33. The summed E-state index contributed by atoms with van der Waals surface area (Å²) < 4.78 is 6.03. The first-order valence-corrected chi connectivity index (χ1v) is 8.01. The Morgan fingerprint density at radius 2 is 1.72 bits per heavy atom. The van der Waals surface area contributed by atoms with Crippen molar-refractivity contribution in [1.82, 2.24) is 5.32 Å². The predicted octanol–water partition coefficient (Wildman–Crippen LogP) is 4.53. The Kier molecular flexibility index (Phi) is 10.8. The van der Waals surface area contributed by atoms with E-state index in [1.165, 1.54) is 38.5 Å².